The van der Waals surface area contributed by atoms with E-state index in [0.717, 1.165) is 11.3 Å². The second-order valence-corrected chi connectivity index (χ2v) is 6.08. The zero-order valence-corrected chi connectivity index (χ0v) is 14.0. The quantitative estimate of drug-likeness (QED) is 0.786. The zero-order valence-electron chi connectivity index (χ0n) is 13.2. The third-order valence-electron chi connectivity index (χ3n) is 3.31. The van der Waals surface area contributed by atoms with Gasteiger partial charge in [0.1, 0.15) is 5.69 Å². The summed E-state index contributed by atoms with van der Waals surface area (Å²) >= 11 is 1.33. The van der Waals surface area contributed by atoms with Crippen molar-refractivity contribution in [1.29, 1.82) is 5.26 Å². The summed E-state index contributed by atoms with van der Waals surface area (Å²) in [5.41, 5.74) is 2.74. The normalized spacial score (nSPS) is 10.4. The van der Waals surface area contributed by atoms with E-state index in [9.17, 15) is 4.79 Å². The lowest BCUT2D eigenvalue weighted by atomic mass is 10.1. The maximum Gasteiger partial charge on any atom is 0.230 e. The van der Waals surface area contributed by atoms with Crippen molar-refractivity contribution in [2.45, 2.75) is 20.3 Å². The number of carbonyl (C=O) groups is 1. The van der Waals surface area contributed by atoms with Gasteiger partial charge in [-0.3, -0.25) is 4.79 Å². The SMILES string of the molecule is Cc1nc(C)c(-c2csc(NC(=O)Cc3cccc(C#N)c3)n2)o1. The van der Waals surface area contributed by atoms with Crippen LogP contribution in [0.2, 0.25) is 0 Å². The van der Waals surface area contributed by atoms with E-state index in [2.05, 4.69) is 21.4 Å². The van der Waals surface area contributed by atoms with Gasteiger partial charge in [-0.15, -0.1) is 11.3 Å². The first-order chi connectivity index (χ1) is 11.5. The van der Waals surface area contributed by atoms with Crippen molar-refractivity contribution in [3.63, 3.8) is 0 Å². The molecule has 0 saturated carbocycles. The number of nitriles is 1. The van der Waals surface area contributed by atoms with E-state index < -0.39 is 0 Å². The van der Waals surface area contributed by atoms with Crippen molar-refractivity contribution in [2.75, 3.05) is 5.32 Å². The molecule has 2 heterocycles. The summed E-state index contributed by atoms with van der Waals surface area (Å²) in [5.74, 6) is 1.01. The third kappa shape index (κ3) is 3.50. The summed E-state index contributed by atoms with van der Waals surface area (Å²) in [6, 6.07) is 9.04. The lowest BCUT2D eigenvalue weighted by Crippen LogP contribution is -2.14. The molecule has 3 rings (SSSR count). The maximum absolute atomic E-state index is 12.1. The van der Waals surface area contributed by atoms with E-state index in [1.54, 1.807) is 25.1 Å². The first kappa shape index (κ1) is 15.9. The van der Waals surface area contributed by atoms with Crippen molar-refractivity contribution in [2.24, 2.45) is 0 Å². The molecule has 0 aliphatic heterocycles. The lowest BCUT2D eigenvalue weighted by Gasteiger charge is -2.02. The summed E-state index contributed by atoms with van der Waals surface area (Å²) in [6.45, 7) is 3.63. The van der Waals surface area contributed by atoms with E-state index in [1.807, 2.05) is 18.4 Å². The smallest absolute Gasteiger partial charge is 0.230 e. The summed E-state index contributed by atoms with van der Waals surface area (Å²) in [7, 11) is 0. The Kier molecular flexibility index (Phi) is 4.40. The molecule has 0 fully saturated rings. The van der Waals surface area contributed by atoms with E-state index in [0.29, 0.717) is 28.0 Å². The molecule has 0 spiro atoms. The monoisotopic (exact) mass is 338 g/mol. The molecular formula is C17H14N4O2S. The molecule has 24 heavy (non-hydrogen) atoms. The lowest BCUT2D eigenvalue weighted by molar-refractivity contribution is -0.115. The fourth-order valence-corrected chi connectivity index (χ4v) is 3.01. The second kappa shape index (κ2) is 6.64. The van der Waals surface area contributed by atoms with Crippen molar-refractivity contribution in [1.82, 2.24) is 9.97 Å². The fourth-order valence-electron chi connectivity index (χ4n) is 2.30. The van der Waals surface area contributed by atoms with Crippen LogP contribution in [-0.2, 0) is 11.2 Å². The number of nitrogens with zero attached hydrogens (tertiary/aromatic N) is 3. The zero-order chi connectivity index (χ0) is 17.1. The molecule has 1 amide bonds. The summed E-state index contributed by atoms with van der Waals surface area (Å²) in [5, 5.41) is 14.0. The molecule has 6 nitrogen and oxygen atoms in total. The molecule has 120 valence electrons. The largest absolute Gasteiger partial charge is 0.439 e. The molecular weight excluding hydrogens is 324 g/mol. The molecule has 0 saturated heterocycles. The van der Waals surface area contributed by atoms with Crippen molar-refractivity contribution >= 4 is 22.4 Å². The van der Waals surface area contributed by atoms with Crippen LogP contribution in [0.15, 0.2) is 34.1 Å². The van der Waals surface area contributed by atoms with Gasteiger partial charge in [-0.1, -0.05) is 12.1 Å². The topological polar surface area (TPSA) is 91.8 Å². The Labute approximate surface area is 142 Å². The molecule has 2 aromatic heterocycles. The number of benzene rings is 1. The molecule has 1 N–H and O–H groups in total. The van der Waals surface area contributed by atoms with Crippen LogP contribution in [0.3, 0.4) is 0 Å². The Hall–Kier alpha value is -2.98. The number of aryl methyl sites for hydroxylation is 2. The van der Waals surface area contributed by atoms with Crippen molar-refractivity contribution in [3.05, 3.63) is 52.4 Å². The van der Waals surface area contributed by atoms with E-state index in [4.69, 9.17) is 9.68 Å². The Bertz CT molecular complexity index is 936. The van der Waals surface area contributed by atoms with E-state index >= 15 is 0 Å². The van der Waals surface area contributed by atoms with Crippen LogP contribution < -0.4 is 5.32 Å². The van der Waals surface area contributed by atoms with Crippen molar-refractivity contribution < 1.29 is 9.21 Å². The average Bonchev–Trinajstić information content (AvgIpc) is 3.13. The van der Waals surface area contributed by atoms with Crippen LogP contribution >= 0.6 is 11.3 Å². The fraction of sp³-hybridized carbons (Fsp3) is 0.176. The Morgan fingerprint density at radius 2 is 2.21 bits per heavy atom. The number of aromatic nitrogens is 2. The van der Waals surface area contributed by atoms with Gasteiger partial charge in [0.2, 0.25) is 5.91 Å². The number of carbonyl (C=O) groups excluding carboxylic acids is 1. The number of oxazole rings is 1. The Balaban J connectivity index is 1.69. The van der Waals surface area contributed by atoms with E-state index in [-0.39, 0.29) is 12.3 Å². The van der Waals surface area contributed by atoms with Gasteiger partial charge in [0, 0.05) is 12.3 Å². The van der Waals surface area contributed by atoms with Crippen LogP contribution in [0.4, 0.5) is 5.13 Å². The van der Waals surface area contributed by atoms with Crippen LogP contribution in [0.1, 0.15) is 22.7 Å². The number of hydrogen-bond donors (Lipinski definition) is 1. The molecule has 0 unspecified atom stereocenters. The first-order valence-corrected chi connectivity index (χ1v) is 8.12. The first-order valence-electron chi connectivity index (χ1n) is 7.24. The number of rotatable bonds is 4. The van der Waals surface area contributed by atoms with Crippen molar-refractivity contribution in [3.8, 4) is 17.5 Å². The van der Waals surface area contributed by atoms with Gasteiger partial charge in [-0.05, 0) is 24.6 Å². The number of anilines is 1. The molecule has 1 aromatic carbocycles. The van der Waals surface area contributed by atoms with Crippen LogP contribution in [0, 0.1) is 25.2 Å². The third-order valence-corrected chi connectivity index (χ3v) is 4.07. The van der Waals surface area contributed by atoms with Gasteiger partial charge < -0.3 is 9.73 Å². The maximum atomic E-state index is 12.1. The summed E-state index contributed by atoms with van der Waals surface area (Å²) in [6.07, 6.45) is 0.185. The number of hydrogen-bond acceptors (Lipinski definition) is 6. The van der Waals surface area contributed by atoms with Crippen LogP contribution in [0.5, 0.6) is 0 Å². The molecule has 0 atom stereocenters. The highest BCUT2D eigenvalue weighted by molar-refractivity contribution is 7.14. The second-order valence-electron chi connectivity index (χ2n) is 5.22. The molecule has 3 aromatic rings. The minimum Gasteiger partial charge on any atom is -0.439 e. The predicted octanol–water partition coefficient (Wildman–Crippen LogP) is 3.47. The standard InChI is InChI=1S/C17H14N4O2S/c1-10-16(23-11(2)19-10)14-9-24-17(20-14)21-15(22)7-12-4-3-5-13(6-12)8-18/h3-6,9H,7H2,1-2H3,(H,20,21,22). The molecule has 0 bridgehead atoms. The summed E-state index contributed by atoms with van der Waals surface area (Å²) in [4.78, 5) is 20.7. The molecule has 0 aliphatic carbocycles. The minimum atomic E-state index is -0.184. The summed E-state index contributed by atoms with van der Waals surface area (Å²) < 4.78 is 5.53. The molecule has 0 aliphatic rings. The minimum absolute atomic E-state index is 0.184. The number of nitrogens with one attached hydrogen (secondary N) is 1. The average molecular weight is 338 g/mol. The highest BCUT2D eigenvalue weighted by Gasteiger charge is 2.14. The molecule has 7 heteroatoms. The van der Waals surface area contributed by atoms with Gasteiger partial charge in [0.25, 0.3) is 0 Å². The number of thiazole rings is 1. The van der Waals surface area contributed by atoms with E-state index in [1.165, 1.54) is 11.3 Å². The highest BCUT2D eigenvalue weighted by atomic mass is 32.1. The van der Waals surface area contributed by atoms with Gasteiger partial charge in [0.05, 0.1) is 23.7 Å². The van der Waals surface area contributed by atoms with Gasteiger partial charge >= 0.3 is 0 Å². The Morgan fingerprint density at radius 1 is 1.38 bits per heavy atom. The predicted molar refractivity (Wildman–Crippen MR) is 90.6 cm³/mol. The van der Waals surface area contributed by atoms with Gasteiger partial charge in [0.15, 0.2) is 16.8 Å². The molecule has 0 radical (unpaired) electrons. The van der Waals surface area contributed by atoms with Gasteiger partial charge in [-0.2, -0.15) is 5.26 Å². The van der Waals surface area contributed by atoms with Crippen LogP contribution in [0.25, 0.3) is 11.5 Å². The number of amides is 1. The Morgan fingerprint density at radius 3 is 2.92 bits per heavy atom. The highest BCUT2D eigenvalue weighted by Crippen LogP contribution is 2.28. The van der Waals surface area contributed by atoms with Gasteiger partial charge in [-0.25, -0.2) is 9.97 Å². The van der Waals surface area contributed by atoms with Crippen LogP contribution in [-0.4, -0.2) is 15.9 Å².